The molecule has 2 aromatic heterocycles. The summed E-state index contributed by atoms with van der Waals surface area (Å²) in [5.41, 5.74) is 6.91. The largest absolute Gasteiger partial charge is 0.382 e. The first-order valence-corrected chi connectivity index (χ1v) is 4.40. The number of anilines is 1. The van der Waals surface area contributed by atoms with Crippen LogP contribution in [0, 0.1) is 11.3 Å². The van der Waals surface area contributed by atoms with E-state index in [0.717, 1.165) is 5.56 Å². The van der Waals surface area contributed by atoms with E-state index in [4.69, 9.17) is 11.0 Å². The summed E-state index contributed by atoms with van der Waals surface area (Å²) in [5.74, 6) is 0.490. The van der Waals surface area contributed by atoms with Gasteiger partial charge in [-0.1, -0.05) is 0 Å². The Hall–Kier alpha value is -2.35. The molecule has 0 fully saturated rings. The van der Waals surface area contributed by atoms with E-state index in [1.807, 2.05) is 16.7 Å². The fraction of sp³-hybridized carbons (Fsp3) is 0.100. The van der Waals surface area contributed by atoms with E-state index >= 15 is 0 Å². The molecule has 0 bridgehead atoms. The third-order valence-electron chi connectivity index (χ3n) is 1.96. The van der Waals surface area contributed by atoms with E-state index in [9.17, 15) is 0 Å². The van der Waals surface area contributed by atoms with Gasteiger partial charge in [-0.3, -0.25) is 0 Å². The lowest BCUT2D eigenvalue weighted by Crippen LogP contribution is -1.97. The van der Waals surface area contributed by atoms with Crippen LogP contribution in [0.4, 0.5) is 5.82 Å². The molecule has 0 unspecified atom stereocenters. The SMILES string of the molecule is N#Cc1cc(Cn2cnc(N)c2)ccn1. The topological polar surface area (TPSA) is 80.5 Å². The van der Waals surface area contributed by atoms with Crippen molar-refractivity contribution in [2.45, 2.75) is 6.54 Å². The lowest BCUT2D eigenvalue weighted by molar-refractivity contribution is 0.795. The number of rotatable bonds is 2. The fourth-order valence-corrected chi connectivity index (χ4v) is 1.31. The molecule has 0 saturated heterocycles. The van der Waals surface area contributed by atoms with E-state index in [0.29, 0.717) is 18.1 Å². The van der Waals surface area contributed by atoms with Crippen LogP contribution < -0.4 is 5.73 Å². The van der Waals surface area contributed by atoms with Crippen LogP contribution in [0.25, 0.3) is 0 Å². The molecule has 0 aliphatic carbocycles. The maximum atomic E-state index is 8.68. The quantitative estimate of drug-likeness (QED) is 0.775. The van der Waals surface area contributed by atoms with Gasteiger partial charge in [0.15, 0.2) is 0 Å². The summed E-state index contributed by atoms with van der Waals surface area (Å²) < 4.78 is 1.85. The highest BCUT2D eigenvalue weighted by molar-refractivity contribution is 5.27. The van der Waals surface area contributed by atoms with E-state index in [2.05, 4.69) is 9.97 Å². The Balaban J connectivity index is 2.21. The van der Waals surface area contributed by atoms with Gasteiger partial charge >= 0.3 is 0 Å². The highest BCUT2D eigenvalue weighted by atomic mass is 15.1. The number of nitrogens with two attached hydrogens (primary N) is 1. The van der Waals surface area contributed by atoms with Crippen molar-refractivity contribution in [2.75, 3.05) is 5.73 Å². The smallest absolute Gasteiger partial charge is 0.141 e. The normalized spacial score (nSPS) is 9.80. The molecule has 2 aromatic rings. The van der Waals surface area contributed by atoms with Crippen molar-refractivity contribution in [3.05, 3.63) is 42.1 Å². The second-order valence-corrected chi connectivity index (χ2v) is 3.13. The molecule has 0 aliphatic rings. The minimum atomic E-state index is 0.417. The molecule has 0 aliphatic heterocycles. The molecule has 74 valence electrons. The highest BCUT2D eigenvalue weighted by Gasteiger charge is 1.98. The third kappa shape index (κ3) is 2.11. The Morgan fingerprint density at radius 2 is 2.33 bits per heavy atom. The van der Waals surface area contributed by atoms with Gasteiger partial charge in [-0.25, -0.2) is 9.97 Å². The molecular formula is C10H9N5. The van der Waals surface area contributed by atoms with Gasteiger partial charge < -0.3 is 10.3 Å². The average molecular weight is 199 g/mol. The van der Waals surface area contributed by atoms with Gasteiger partial charge in [0.1, 0.15) is 17.6 Å². The van der Waals surface area contributed by atoms with Crippen molar-refractivity contribution >= 4 is 5.82 Å². The van der Waals surface area contributed by atoms with Gasteiger partial charge in [0.2, 0.25) is 0 Å². The van der Waals surface area contributed by atoms with Crippen LogP contribution in [0.15, 0.2) is 30.9 Å². The monoisotopic (exact) mass is 199 g/mol. The molecule has 0 radical (unpaired) electrons. The zero-order chi connectivity index (χ0) is 10.7. The van der Waals surface area contributed by atoms with Crippen molar-refractivity contribution in [1.29, 1.82) is 5.26 Å². The summed E-state index contributed by atoms with van der Waals surface area (Å²) in [6.45, 7) is 0.640. The lowest BCUT2D eigenvalue weighted by Gasteiger charge is -2.01. The minimum absolute atomic E-state index is 0.417. The zero-order valence-corrected chi connectivity index (χ0v) is 7.96. The van der Waals surface area contributed by atoms with Gasteiger partial charge in [-0.2, -0.15) is 5.26 Å². The number of imidazole rings is 1. The van der Waals surface area contributed by atoms with E-state index < -0.39 is 0 Å². The van der Waals surface area contributed by atoms with Crippen LogP contribution in [0.5, 0.6) is 0 Å². The molecule has 0 amide bonds. The number of nitrogens with zero attached hydrogens (tertiary/aromatic N) is 4. The Kier molecular flexibility index (Phi) is 2.33. The molecule has 2 rings (SSSR count). The highest BCUT2D eigenvalue weighted by Crippen LogP contribution is 2.05. The molecule has 5 nitrogen and oxygen atoms in total. The first kappa shape index (κ1) is 9.21. The Labute approximate surface area is 86.8 Å². The summed E-state index contributed by atoms with van der Waals surface area (Å²) in [6.07, 6.45) is 5.02. The van der Waals surface area contributed by atoms with Crippen molar-refractivity contribution < 1.29 is 0 Å². The standard InChI is InChI=1S/C10H9N5/c11-4-9-3-8(1-2-13-9)5-15-6-10(12)14-7-15/h1-3,6-7H,5,12H2. The second-order valence-electron chi connectivity index (χ2n) is 3.13. The number of hydrogen-bond donors (Lipinski definition) is 1. The van der Waals surface area contributed by atoms with Crippen molar-refractivity contribution in [2.24, 2.45) is 0 Å². The Morgan fingerprint density at radius 1 is 1.47 bits per heavy atom. The minimum Gasteiger partial charge on any atom is -0.382 e. The molecule has 5 heteroatoms. The van der Waals surface area contributed by atoms with Crippen LogP contribution >= 0.6 is 0 Å². The lowest BCUT2D eigenvalue weighted by atomic mass is 10.2. The number of nitrogen functional groups attached to an aromatic ring is 1. The fourth-order valence-electron chi connectivity index (χ4n) is 1.31. The number of aromatic nitrogens is 3. The van der Waals surface area contributed by atoms with Crippen LogP contribution in [-0.2, 0) is 6.54 Å². The van der Waals surface area contributed by atoms with Gasteiger partial charge in [-0.15, -0.1) is 0 Å². The maximum absolute atomic E-state index is 8.68. The van der Waals surface area contributed by atoms with Gasteiger partial charge in [0, 0.05) is 18.9 Å². The first-order valence-electron chi connectivity index (χ1n) is 4.40. The molecule has 2 N–H and O–H groups in total. The van der Waals surface area contributed by atoms with Crippen LogP contribution in [0.2, 0.25) is 0 Å². The molecule has 0 atom stereocenters. The molecule has 0 aromatic carbocycles. The Morgan fingerprint density at radius 3 is 3.00 bits per heavy atom. The number of hydrogen-bond acceptors (Lipinski definition) is 4. The molecule has 2 heterocycles. The molecule has 15 heavy (non-hydrogen) atoms. The van der Waals surface area contributed by atoms with Crippen LogP contribution in [0.1, 0.15) is 11.3 Å². The summed E-state index contributed by atoms with van der Waals surface area (Å²) in [7, 11) is 0. The predicted octanol–water partition coefficient (Wildman–Crippen LogP) is 0.780. The van der Waals surface area contributed by atoms with Crippen molar-refractivity contribution in [3.63, 3.8) is 0 Å². The summed E-state index contributed by atoms with van der Waals surface area (Å²) >= 11 is 0. The second kappa shape index (κ2) is 3.80. The molecule has 0 saturated carbocycles. The van der Waals surface area contributed by atoms with Gasteiger partial charge in [0.05, 0.1) is 6.33 Å². The van der Waals surface area contributed by atoms with Crippen LogP contribution in [0.3, 0.4) is 0 Å². The van der Waals surface area contributed by atoms with Gasteiger partial charge in [-0.05, 0) is 17.7 Å². The Bertz CT molecular complexity index is 509. The number of nitriles is 1. The first-order chi connectivity index (χ1) is 7.28. The van der Waals surface area contributed by atoms with E-state index in [1.54, 1.807) is 24.8 Å². The van der Waals surface area contributed by atoms with Gasteiger partial charge in [0.25, 0.3) is 0 Å². The molecular weight excluding hydrogens is 190 g/mol. The summed E-state index contributed by atoms with van der Waals surface area (Å²) in [5, 5.41) is 8.68. The maximum Gasteiger partial charge on any atom is 0.141 e. The molecule has 0 spiro atoms. The van der Waals surface area contributed by atoms with E-state index in [1.165, 1.54) is 0 Å². The van der Waals surface area contributed by atoms with Crippen molar-refractivity contribution in [3.8, 4) is 6.07 Å². The predicted molar refractivity (Wildman–Crippen MR) is 54.7 cm³/mol. The average Bonchev–Trinajstić information content (AvgIpc) is 2.64. The summed E-state index contributed by atoms with van der Waals surface area (Å²) in [6, 6.07) is 5.60. The van der Waals surface area contributed by atoms with Crippen molar-refractivity contribution in [1.82, 2.24) is 14.5 Å². The third-order valence-corrected chi connectivity index (χ3v) is 1.96. The zero-order valence-electron chi connectivity index (χ0n) is 7.96. The van der Waals surface area contributed by atoms with Crippen LogP contribution in [-0.4, -0.2) is 14.5 Å². The summed E-state index contributed by atoms with van der Waals surface area (Å²) in [4.78, 5) is 7.81. The number of pyridine rings is 1. The van der Waals surface area contributed by atoms with E-state index in [-0.39, 0.29) is 0 Å².